The number of hydrogen-bond acceptors (Lipinski definition) is 6. The summed E-state index contributed by atoms with van der Waals surface area (Å²) in [5.74, 6) is -0.823. The Labute approximate surface area is 115 Å². The van der Waals surface area contributed by atoms with Crippen molar-refractivity contribution in [1.82, 2.24) is 10.2 Å². The van der Waals surface area contributed by atoms with Crippen molar-refractivity contribution in [3.05, 3.63) is 17.3 Å². The number of aromatic nitrogens is 2. The number of carboxylic acids is 1. The van der Waals surface area contributed by atoms with E-state index in [1.54, 1.807) is 11.0 Å². The standard InChI is InChI=1S/C10H12ClN3O4S/c11-8-1-2-9(13-12-8)14-3-4-19(17,18)6-7(14)5-10(15)16/h1-2,7H,3-6H2,(H,15,16). The maximum Gasteiger partial charge on any atom is 0.305 e. The molecular weight excluding hydrogens is 294 g/mol. The predicted octanol–water partition coefficient (Wildman–Crippen LogP) is 0.208. The van der Waals surface area contributed by atoms with Crippen LogP contribution in [0.15, 0.2) is 12.1 Å². The maximum atomic E-state index is 11.6. The zero-order valence-corrected chi connectivity index (χ0v) is 11.4. The Morgan fingerprint density at radius 3 is 2.79 bits per heavy atom. The first-order valence-corrected chi connectivity index (χ1v) is 7.75. The third-order valence-electron chi connectivity index (χ3n) is 2.85. The van der Waals surface area contributed by atoms with Gasteiger partial charge in [0.1, 0.15) is 0 Å². The van der Waals surface area contributed by atoms with Crippen LogP contribution in [0.25, 0.3) is 0 Å². The van der Waals surface area contributed by atoms with Crippen molar-refractivity contribution in [2.75, 3.05) is 23.0 Å². The first-order chi connectivity index (χ1) is 8.87. The quantitative estimate of drug-likeness (QED) is 0.851. The molecule has 1 N–H and O–H groups in total. The summed E-state index contributed by atoms with van der Waals surface area (Å²) < 4.78 is 23.2. The molecule has 0 aromatic carbocycles. The van der Waals surface area contributed by atoms with Gasteiger partial charge in [-0.15, -0.1) is 10.2 Å². The molecule has 1 unspecified atom stereocenters. The minimum atomic E-state index is -3.21. The molecule has 0 bridgehead atoms. The number of aliphatic carboxylic acids is 1. The molecule has 19 heavy (non-hydrogen) atoms. The topological polar surface area (TPSA) is 100 Å². The molecule has 0 saturated carbocycles. The van der Waals surface area contributed by atoms with Gasteiger partial charge in [0.05, 0.1) is 24.0 Å². The van der Waals surface area contributed by atoms with Crippen LogP contribution in [0, 0.1) is 0 Å². The van der Waals surface area contributed by atoms with Crippen molar-refractivity contribution in [2.24, 2.45) is 0 Å². The van der Waals surface area contributed by atoms with Gasteiger partial charge < -0.3 is 10.0 Å². The van der Waals surface area contributed by atoms with E-state index in [0.717, 1.165) is 0 Å². The number of sulfone groups is 1. The highest BCUT2D eigenvalue weighted by Gasteiger charge is 2.33. The van der Waals surface area contributed by atoms with Crippen LogP contribution in [0.1, 0.15) is 6.42 Å². The zero-order chi connectivity index (χ0) is 14.0. The molecule has 1 aliphatic heterocycles. The van der Waals surface area contributed by atoms with Crippen LogP contribution in [0.3, 0.4) is 0 Å². The Morgan fingerprint density at radius 1 is 1.47 bits per heavy atom. The van der Waals surface area contributed by atoms with E-state index in [1.807, 2.05) is 0 Å². The molecule has 2 rings (SSSR count). The van der Waals surface area contributed by atoms with E-state index in [-0.39, 0.29) is 29.6 Å². The highest BCUT2D eigenvalue weighted by Crippen LogP contribution is 2.21. The second-order valence-corrected chi connectivity index (χ2v) is 6.89. The van der Waals surface area contributed by atoms with Crippen molar-refractivity contribution in [3.63, 3.8) is 0 Å². The van der Waals surface area contributed by atoms with E-state index >= 15 is 0 Å². The number of carbonyl (C=O) groups is 1. The van der Waals surface area contributed by atoms with E-state index in [0.29, 0.717) is 5.82 Å². The Bertz CT molecular complexity index is 575. The molecule has 0 spiro atoms. The van der Waals surface area contributed by atoms with Crippen molar-refractivity contribution in [3.8, 4) is 0 Å². The molecule has 1 saturated heterocycles. The molecule has 1 aromatic heterocycles. The average molecular weight is 306 g/mol. The largest absolute Gasteiger partial charge is 0.481 e. The molecule has 1 aromatic rings. The number of rotatable bonds is 3. The fraction of sp³-hybridized carbons (Fsp3) is 0.500. The van der Waals surface area contributed by atoms with Gasteiger partial charge >= 0.3 is 5.97 Å². The highest BCUT2D eigenvalue weighted by atomic mass is 35.5. The highest BCUT2D eigenvalue weighted by molar-refractivity contribution is 7.91. The number of nitrogens with zero attached hydrogens (tertiary/aromatic N) is 3. The normalized spacial score (nSPS) is 22.2. The van der Waals surface area contributed by atoms with E-state index in [2.05, 4.69) is 10.2 Å². The molecule has 0 radical (unpaired) electrons. The van der Waals surface area contributed by atoms with E-state index < -0.39 is 21.8 Å². The van der Waals surface area contributed by atoms with Crippen LogP contribution in [0.4, 0.5) is 5.82 Å². The fourth-order valence-electron chi connectivity index (χ4n) is 2.02. The van der Waals surface area contributed by atoms with Crippen LogP contribution < -0.4 is 4.90 Å². The van der Waals surface area contributed by atoms with Crippen LogP contribution in [0.5, 0.6) is 0 Å². The summed E-state index contributed by atoms with van der Waals surface area (Å²) >= 11 is 5.63. The van der Waals surface area contributed by atoms with Gasteiger partial charge in [-0.25, -0.2) is 8.42 Å². The summed E-state index contributed by atoms with van der Waals surface area (Å²) in [6.45, 7) is 0.205. The molecule has 9 heteroatoms. The molecule has 1 fully saturated rings. The lowest BCUT2D eigenvalue weighted by Gasteiger charge is -2.35. The Morgan fingerprint density at radius 2 is 2.21 bits per heavy atom. The summed E-state index contributed by atoms with van der Waals surface area (Å²) in [5, 5.41) is 16.6. The van der Waals surface area contributed by atoms with Crippen molar-refractivity contribution in [1.29, 1.82) is 0 Å². The van der Waals surface area contributed by atoms with Crippen molar-refractivity contribution in [2.45, 2.75) is 12.5 Å². The fourth-order valence-corrected chi connectivity index (χ4v) is 3.65. The SMILES string of the molecule is O=C(O)CC1CS(=O)(=O)CCN1c1ccc(Cl)nn1. The van der Waals surface area contributed by atoms with Gasteiger partial charge in [-0.1, -0.05) is 11.6 Å². The smallest absolute Gasteiger partial charge is 0.305 e. The summed E-state index contributed by atoms with van der Waals surface area (Å²) in [4.78, 5) is 12.5. The number of halogens is 1. The first-order valence-electron chi connectivity index (χ1n) is 5.55. The minimum absolute atomic E-state index is 0.0204. The third kappa shape index (κ3) is 3.54. The summed E-state index contributed by atoms with van der Waals surface area (Å²) in [6.07, 6.45) is -0.260. The first kappa shape index (κ1) is 14.0. The molecule has 0 amide bonds. The monoisotopic (exact) mass is 305 g/mol. The van der Waals surface area contributed by atoms with Gasteiger partial charge in [0.2, 0.25) is 0 Å². The maximum absolute atomic E-state index is 11.6. The predicted molar refractivity (Wildman–Crippen MR) is 69.1 cm³/mol. The second-order valence-electron chi connectivity index (χ2n) is 4.27. The van der Waals surface area contributed by atoms with Crippen molar-refractivity contribution < 1.29 is 18.3 Å². The van der Waals surface area contributed by atoms with E-state index in [9.17, 15) is 13.2 Å². The Balaban J connectivity index is 2.26. The van der Waals surface area contributed by atoms with E-state index in [4.69, 9.17) is 16.7 Å². The van der Waals surface area contributed by atoms with Crippen LogP contribution in [0.2, 0.25) is 5.15 Å². The lowest BCUT2D eigenvalue weighted by Crippen LogP contribution is -2.50. The van der Waals surface area contributed by atoms with Crippen molar-refractivity contribution >= 4 is 33.2 Å². The molecule has 0 aliphatic carbocycles. The lowest BCUT2D eigenvalue weighted by molar-refractivity contribution is -0.137. The van der Waals surface area contributed by atoms with E-state index in [1.165, 1.54) is 6.07 Å². The number of carboxylic acid groups (broad SMARTS) is 1. The van der Waals surface area contributed by atoms with Gasteiger partial charge in [-0.05, 0) is 12.1 Å². The average Bonchev–Trinajstić information content (AvgIpc) is 2.29. The molecular formula is C10H12ClN3O4S. The van der Waals surface area contributed by atoms with Crippen LogP contribution in [-0.2, 0) is 14.6 Å². The number of hydrogen-bond donors (Lipinski definition) is 1. The van der Waals surface area contributed by atoms with Gasteiger partial charge in [0.25, 0.3) is 0 Å². The van der Waals surface area contributed by atoms with Gasteiger partial charge in [-0.3, -0.25) is 4.79 Å². The molecule has 2 heterocycles. The second kappa shape index (κ2) is 5.30. The Hall–Kier alpha value is -1.41. The van der Waals surface area contributed by atoms with Crippen LogP contribution in [-0.4, -0.2) is 53.8 Å². The molecule has 1 aliphatic rings. The Kier molecular flexibility index (Phi) is 3.91. The third-order valence-corrected chi connectivity index (χ3v) is 4.75. The van der Waals surface area contributed by atoms with Gasteiger partial charge in [-0.2, -0.15) is 0 Å². The zero-order valence-electron chi connectivity index (χ0n) is 9.86. The van der Waals surface area contributed by atoms with Gasteiger partial charge in [0.15, 0.2) is 20.8 Å². The number of anilines is 1. The summed E-state index contributed by atoms with van der Waals surface area (Å²) in [7, 11) is -3.21. The molecule has 1 atom stereocenters. The molecule has 7 nitrogen and oxygen atoms in total. The van der Waals surface area contributed by atoms with Crippen LogP contribution >= 0.6 is 11.6 Å². The summed E-state index contributed by atoms with van der Waals surface area (Å²) in [5.41, 5.74) is 0. The van der Waals surface area contributed by atoms with Gasteiger partial charge in [0, 0.05) is 6.54 Å². The lowest BCUT2D eigenvalue weighted by atomic mass is 10.2. The molecule has 104 valence electrons. The minimum Gasteiger partial charge on any atom is -0.481 e. The summed E-state index contributed by atoms with van der Waals surface area (Å²) in [6, 6.07) is 2.50.